The molecule has 7 nitrogen and oxygen atoms in total. The summed E-state index contributed by atoms with van der Waals surface area (Å²) < 4.78 is 0. The average Bonchev–Trinajstić information content (AvgIpc) is 3.19. The predicted molar refractivity (Wildman–Crippen MR) is 112 cm³/mol. The summed E-state index contributed by atoms with van der Waals surface area (Å²) in [7, 11) is 0. The number of rotatable bonds is 4. The van der Waals surface area contributed by atoms with Crippen LogP contribution in [0.2, 0.25) is 0 Å². The Morgan fingerprint density at radius 2 is 2.03 bits per heavy atom. The van der Waals surface area contributed by atoms with Crippen molar-refractivity contribution in [1.29, 1.82) is 0 Å². The normalized spacial score (nSPS) is 16.6. The minimum Gasteiger partial charge on any atom is -0.334 e. The van der Waals surface area contributed by atoms with E-state index >= 15 is 0 Å². The fraction of sp³-hybridized carbons (Fsp3) is 0.318. The minimum atomic E-state index is -0.310. The summed E-state index contributed by atoms with van der Waals surface area (Å²) in [6.45, 7) is 3.81. The molecule has 1 saturated heterocycles. The van der Waals surface area contributed by atoms with Gasteiger partial charge in [0.05, 0.1) is 0 Å². The number of benzene rings is 2. The van der Waals surface area contributed by atoms with Gasteiger partial charge in [-0.05, 0) is 42.5 Å². The van der Waals surface area contributed by atoms with Gasteiger partial charge in [-0.2, -0.15) is 5.10 Å². The van der Waals surface area contributed by atoms with Gasteiger partial charge in [-0.15, -0.1) is 0 Å². The average molecular weight is 391 g/mol. The molecule has 0 radical (unpaired) electrons. The quantitative estimate of drug-likeness (QED) is 0.638. The van der Waals surface area contributed by atoms with Crippen LogP contribution < -0.4 is 11.0 Å². The first kappa shape index (κ1) is 19.0. The molecule has 1 aliphatic rings. The molecule has 2 heterocycles. The highest BCUT2D eigenvalue weighted by Gasteiger charge is 2.26. The molecule has 1 aliphatic heterocycles. The van der Waals surface area contributed by atoms with Crippen LogP contribution in [0.25, 0.3) is 11.1 Å². The van der Waals surface area contributed by atoms with Crippen molar-refractivity contribution >= 4 is 6.03 Å². The maximum absolute atomic E-state index is 12.7. The number of hydrogen-bond acceptors (Lipinski definition) is 3. The van der Waals surface area contributed by atoms with Crippen molar-refractivity contribution in [2.75, 3.05) is 13.1 Å². The van der Waals surface area contributed by atoms with Crippen molar-refractivity contribution in [3.63, 3.8) is 0 Å². The topological polar surface area (TPSA) is 93.9 Å². The number of nitrogens with one attached hydrogen (secondary N) is 3. The van der Waals surface area contributed by atoms with Crippen LogP contribution in [0, 0.1) is 6.92 Å². The molecule has 1 atom stereocenters. The van der Waals surface area contributed by atoms with E-state index in [1.807, 2.05) is 12.1 Å². The lowest BCUT2D eigenvalue weighted by molar-refractivity contribution is 0.178. The summed E-state index contributed by atoms with van der Waals surface area (Å²) in [6.07, 6.45) is 1.79. The van der Waals surface area contributed by atoms with Gasteiger partial charge in [0.15, 0.2) is 0 Å². The van der Waals surface area contributed by atoms with Gasteiger partial charge >= 0.3 is 11.7 Å². The molecule has 3 N–H and O–H groups in total. The maximum Gasteiger partial charge on any atom is 0.340 e. The number of carbonyl (C=O) groups excluding carboxylic acids is 1. The fourth-order valence-corrected chi connectivity index (χ4v) is 3.76. The Morgan fingerprint density at radius 3 is 2.79 bits per heavy atom. The van der Waals surface area contributed by atoms with Gasteiger partial charge in [0.1, 0.15) is 5.82 Å². The fourth-order valence-electron chi connectivity index (χ4n) is 3.76. The number of hydrogen-bond donors (Lipinski definition) is 3. The van der Waals surface area contributed by atoms with E-state index in [9.17, 15) is 9.59 Å². The third kappa shape index (κ3) is 4.56. The number of likely N-dealkylation sites (tertiary alicyclic amines) is 1. The molecule has 0 saturated carbocycles. The molecule has 1 aromatic heterocycles. The Kier molecular flexibility index (Phi) is 5.46. The van der Waals surface area contributed by atoms with E-state index < -0.39 is 0 Å². The number of carbonyl (C=O) groups is 1. The van der Waals surface area contributed by atoms with E-state index in [1.165, 1.54) is 5.56 Å². The number of urea groups is 1. The zero-order valence-corrected chi connectivity index (χ0v) is 16.4. The lowest BCUT2D eigenvalue weighted by atomic mass is 9.98. The number of amides is 2. The Bertz CT molecular complexity index is 1040. The molecule has 2 amide bonds. The van der Waals surface area contributed by atoms with Crippen molar-refractivity contribution in [3.05, 3.63) is 76.0 Å². The van der Waals surface area contributed by atoms with E-state index in [0.29, 0.717) is 25.5 Å². The standard InChI is InChI=1S/C22H25N5O2/c1-15-7-9-17(10-8-15)18-5-2-4-16(12-18)13-23-22(29)27-11-3-6-19(14-27)20-24-21(28)26-25-20/h2,4-5,7-10,12,19H,3,6,11,13-14H2,1H3,(H,23,29)(H2,24,25,26,28). The molecular weight excluding hydrogens is 366 g/mol. The van der Waals surface area contributed by atoms with Crippen molar-refractivity contribution in [1.82, 2.24) is 25.4 Å². The molecule has 4 rings (SSSR count). The second-order valence-corrected chi connectivity index (χ2v) is 7.57. The van der Waals surface area contributed by atoms with E-state index in [-0.39, 0.29) is 17.6 Å². The first-order valence-electron chi connectivity index (χ1n) is 9.92. The lowest BCUT2D eigenvalue weighted by Gasteiger charge is -2.31. The third-order valence-electron chi connectivity index (χ3n) is 5.37. The van der Waals surface area contributed by atoms with Crippen LogP contribution in [0.1, 0.15) is 35.7 Å². The summed E-state index contributed by atoms with van der Waals surface area (Å²) in [5, 5.41) is 9.44. The largest absolute Gasteiger partial charge is 0.340 e. The predicted octanol–water partition coefficient (Wildman–Crippen LogP) is 3.16. The number of aryl methyl sites for hydroxylation is 1. The molecule has 0 bridgehead atoms. The van der Waals surface area contributed by atoms with E-state index in [0.717, 1.165) is 29.5 Å². The van der Waals surface area contributed by atoms with Gasteiger partial charge in [0.25, 0.3) is 0 Å². The van der Waals surface area contributed by atoms with Gasteiger partial charge in [-0.1, -0.05) is 48.0 Å². The molecular formula is C22H25N5O2. The van der Waals surface area contributed by atoms with Crippen LogP contribution >= 0.6 is 0 Å². The third-order valence-corrected chi connectivity index (χ3v) is 5.37. The maximum atomic E-state index is 12.7. The number of aromatic amines is 2. The van der Waals surface area contributed by atoms with Crippen LogP contribution in [0.5, 0.6) is 0 Å². The van der Waals surface area contributed by atoms with Gasteiger partial charge in [-0.3, -0.25) is 4.98 Å². The molecule has 3 aromatic rings. The van der Waals surface area contributed by atoms with Crippen LogP contribution in [-0.4, -0.2) is 39.2 Å². The second kappa shape index (κ2) is 8.34. The van der Waals surface area contributed by atoms with Gasteiger partial charge in [-0.25, -0.2) is 14.7 Å². The molecule has 2 aromatic carbocycles. The Morgan fingerprint density at radius 1 is 1.21 bits per heavy atom. The highest BCUT2D eigenvalue weighted by Crippen LogP contribution is 2.24. The Balaban J connectivity index is 1.37. The van der Waals surface area contributed by atoms with Crippen molar-refractivity contribution < 1.29 is 4.79 Å². The van der Waals surface area contributed by atoms with Crippen molar-refractivity contribution in [2.45, 2.75) is 32.2 Å². The minimum absolute atomic E-state index is 0.0540. The summed E-state index contributed by atoms with van der Waals surface area (Å²) in [5.74, 6) is 0.677. The van der Waals surface area contributed by atoms with Gasteiger partial charge in [0, 0.05) is 25.6 Å². The van der Waals surface area contributed by atoms with Crippen LogP contribution in [-0.2, 0) is 6.54 Å². The summed E-state index contributed by atoms with van der Waals surface area (Å²) in [6, 6.07) is 16.6. The Labute approximate surface area is 169 Å². The molecule has 1 fully saturated rings. The van der Waals surface area contributed by atoms with E-state index in [4.69, 9.17) is 0 Å². The van der Waals surface area contributed by atoms with Crippen LogP contribution in [0.15, 0.2) is 53.3 Å². The SMILES string of the molecule is Cc1ccc(-c2cccc(CNC(=O)N3CCCC(c4n[nH]c(=O)[nH]4)C3)c2)cc1. The Hall–Kier alpha value is -3.35. The van der Waals surface area contributed by atoms with Gasteiger partial charge in [0.2, 0.25) is 0 Å². The molecule has 29 heavy (non-hydrogen) atoms. The first-order valence-corrected chi connectivity index (χ1v) is 9.92. The molecule has 1 unspecified atom stereocenters. The van der Waals surface area contributed by atoms with Crippen molar-refractivity contribution in [2.24, 2.45) is 0 Å². The van der Waals surface area contributed by atoms with E-state index in [1.54, 1.807) is 4.90 Å². The van der Waals surface area contributed by atoms with Gasteiger partial charge < -0.3 is 10.2 Å². The zero-order valence-electron chi connectivity index (χ0n) is 16.4. The number of nitrogens with zero attached hydrogens (tertiary/aromatic N) is 2. The summed E-state index contributed by atoms with van der Waals surface area (Å²) in [5.41, 5.74) is 4.28. The summed E-state index contributed by atoms with van der Waals surface area (Å²) in [4.78, 5) is 28.5. The molecule has 150 valence electrons. The monoisotopic (exact) mass is 391 g/mol. The molecule has 0 spiro atoms. The van der Waals surface area contributed by atoms with Crippen LogP contribution in [0.3, 0.4) is 0 Å². The van der Waals surface area contributed by atoms with E-state index in [2.05, 4.69) is 63.8 Å². The number of aromatic nitrogens is 3. The summed E-state index contributed by atoms with van der Waals surface area (Å²) >= 11 is 0. The number of piperidine rings is 1. The molecule has 7 heteroatoms. The number of H-pyrrole nitrogens is 2. The zero-order chi connectivity index (χ0) is 20.2. The highest BCUT2D eigenvalue weighted by molar-refractivity contribution is 5.74. The first-order chi connectivity index (χ1) is 14.1. The van der Waals surface area contributed by atoms with Crippen molar-refractivity contribution in [3.8, 4) is 11.1 Å². The second-order valence-electron chi connectivity index (χ2n) is 7.57. The molecule has 0 aliphatic carbocycles. The smallest absolute Gasteiger partial charge is 0.334 e. The lowest BCUT2D eigenvalue weighted by Crippen LogP contribution is -2.44. The van der Waals surface area contributed by atoms with Crippen LogP contribution in [0.4, 0.5) is 4.79 Å². The highest BCUT2D eigenvalue weighted by atomic mass is 16.2.